The van der Waals surface area contributed by atoms with Crippen LogP contribution in [0.2, 0.25) is 0 Å². The van der Waals surface area contributed by atoms with Gasteiger partial charge in [-0.15, -0.1) is 0 Å². The summed E-state index contributed by atoms with van der Waals surface area (Å²) in [6, 6.07) is 14.2. The number of hydrogen-bond acceptors (Lipinski definition) is 0. The van der Waals surface area contributed by atoms with Gasteiger partial charge in [0.15, 0.2) is 0 Å². The van der Waals surface area contributed by atoms with Crippen molar-refractivity contribution in [1.29, 1.82) is 0 Å². The number of benzene rings is 3. The summed E-state index contributed by atoms with van der Waals surface area (Å²) in [5, 5.41) is 2.74. The molecule has 21 heavy (non-hydrogen) atoms. The molecule has 0 radical (unpaired) electrons. The van der Waals surface area contributed by atoms with E-state index in [4.69, 9.17) is 0 Å². The van der Waals surface area contributed by atoms with Crippen LogP contribution in [0.4, 0.5) is 0 Å². The Hall–Kier alpha value is -2.08. The van der Waals surface area contributed by atoms with Crippen LogP contribution in [0, 0.1) is 27.7 Å². The van der Waals surface area contributed by atoms with Gasteiger partial charge in [-0.05, 0) is 95.5 Å². The highest BCUT2D eigenvalue weighted by Crippen LogP contribution is 2.40. The van der Waals surface area contributed by atoms with Gasteiger partial charge in [-0.2, -0.15) is 0 Å². The van der Waals surface area contributed by atoms with Crippen molar-refractivity contribution in [2.24, 2.45) is 0 Å². The van der Waals surface area contributed by atoms with Crippen molar-refractivity contribution < 1.29 is 0 Å². The molecule has 0 heteroatoms. The van der Waals surface area contributed by atoms with E-state index < -0.39 is 0 Å². The SMILES string of the molecule is Cc1cc2c(cc1C)-c1cc3cc(C)c(C)cc3cc1C2. The van der Waals surface area contributed by atoms with Crippen molar-refractivity contribution in [3.63, 3.8) is 0 Å². The van der Waals surface area contributed by atoms with Gasteiger partial charge in [0.25, 0.3) is 0 Å². The monoisotopic (exact) mass is 272 g/mol. The van der Waals surface area contributed by atoms with E-state index in [1.807, 2.05) is 0 Å². The summed E-state index contributed by atoms with van der Waals surface area (Å²) in [6.07, 6.45) is 1.08. The predicted octanol–water partition coefficient (Wildman–Crippen LogP) is 5.64. The minimum absolute atomic E-state index is 1.08. The summed E-state index contributed by atoms with van der Waals surface area (Å²) in [5.74, 6) is 0. The van der Waals surface area contributed by atoms with Gasteiger partial charge in [-0.1, -0.05) is 30.3 Å². The fourth-order valence-electron chi connectivity index (χ4n) is 3.50. The number of hydrogen-bond donors (Lipinski definition) is 0. The Morgan fingerprint density at radius 3 is 1.71 bits per heavy atom. The van der Waals surface area contributed by atoms with E-state index in [9.17, 15) is 0 Å². The number of aryl methyl sites for hydroxylation is 4. The third-order valence-corrected chi connectivity index (χ3v) is 5.07. The average Bonchev–Trinajstić information content (AvgIpc) is 2.75. The normalized spacial score (nSPS) is 12.6. The van der Waals surface area contributed by atoms with E-state index in [2.05, 4.69) is 64.1 Å². The highest BCUT2D eigenvalue weighted by Gasteiger charge is 2.20. The maximum Gasteiger partial charge on any atom is -0.00131 e. The molecule has 0 saturated heterocycles. The smallest absolute Gasteiger partial charge is 0.00131 e. The van der Waals surface area contributed by atoms with Gasteiger partial charge in [0.05, 0.1) is 0 Å². The summed E-state index contributed by atoms with van der Waals surface area (Å²) in [4.78, 5) is 0. The lowest BCUT2D eigenvalue weighted by Crippen LogP contribution is -1.86. The molecule has 0 spiro atoms. The maximum absolute atomic E-state index is 2.39. The first kappa shape index (κ1) is 12.6. The van der Waals surface area contributed by atoms with Crippen molar-refractivity contribution in [1.82, 2.24) is 0 Å². The fourth-order valence-corrected chi connectivity index (χ4v) is 3.50. The first-order chi connectivity index (χ1) is 10.0. The Balaban J connectivity index is 2.01. The van der Waals surface area contributed by atoms with Gasteiger partial charge in [-0.25, -0.2) is 0 Å². The average molecular weight is 272 g/mol. The highest BCUT2D eigenvalue weighted by atomic mass is 14.2. The minimum Gasteiger partial charge on any atom is -0.0549 e. The molecule has 0 heterocycles. The molecule has 0 saturated carbocycles. The summed E-state index contributed by atoms with van der Waals surface area (Å²) in [5.41, 5.74) is 11.4. The Morgan fingerprint density at radius 1 is 0.524 bits per heavy atom. The topological polar surface area (TPSA) is 0 Å². The number of fused-ring (bicyclic) bond motifs is 4. The molecule has 1 aliphatic carbocycles. The van der Waals surface area contributed by atoms with Crippen LogP contribution in [0.5, 0.6) is 0 Å². The largest absolute Gasteiger partial charge is 0.0549 e. The molecule has 0 fully saturated rings. The molecule has 3 aromatic carbocycles. The van der Waals surface area contributed by atoms with Crippen LogP contribution >= 0.6 is 0 Å². The van der Waals surface area contributed by atoms with Gasteiger partial charge in [0.2, 0.25) is 0 Å². The molecular formula is C21H20. The van der Waals surface area contributed by atoms with Crippen molar-refractivity contribution in [3.8, 4) is 11.1 Å². The molecule has 3 aromatic rings. The zero-order valence-electron chi connectivity index (χ0n) is 13.2. The second-order valence-electron chi connectivity index (χ2n) is 6.56. The Labute approximate surface area is 126 Å². The lowest BCUT2D eigenvalue weighted by molar-refractivity contribution is 1.23. The molecule has 104 valence electrons. The Bertz CT molecular complexity index is 898. The van der Waals surface area contributed by atoms with Crippen LogP contribution in [0.1, 0.15) is 33.4 Å². The van der Waals surface area contributed by atoms with Crippen LogP contribution in [0.3, 0.4) is 0 Å². The first-order valence-corrected chi connectivity index (χ1v) is 7.67. The molecule has 0 bridgehead atoms. The van der Waals surface area contributed by atoms with Gasteiger partial charge in [0.1, 0.15) is 0 Å². The van der Waals surface area contributed by atoms with Crippen LogP contribution in [0.15, 0.2) is 36.4 Å². The zero-order valence-corrected chi connectivity index (χ0v) is 13.2. The first-order valence-electron chi connectivity index (χ1n) is 7.67. The van der Waals surface area contributed by atoms with Gasteiger partial charge < -0.3 is 0 Å². The molecule has 0 N–H and O–H groups in total. The molecule has 0 amide bonds. The van der Waals surface area contributed by atoms with E-state index in [1.165, 1.54) is 55.3 Å². The van der Waals surface area contributed by atoms with Crippen molar-refractivity contribution in [3.05, 3.63) is 69.8 Å². The second kappa shape index (κ2) is 4.21. The fraction of sp³-hybridized carbons (Fsp3) is 0.238. The molecule has 0 nitrogen and oxygen atoms in total. The second-order valence-corrected chi connectivity index (χ2v) is 6.56. The zero-order chi connectivity index (χ0) is 14.7. The molecule has 4 rings (SSSR count). The van der Waals surface area contributed by atoms with Gasteiger partial charge >= 0.3 is 0 Å². The summed E-state index contributed by atoms with van der Waals surface area (Å²) >= 11 is 0. The molecule has 0 unspecified atom stereocenters. The predicted molar refractivity (Wildman–Crippen MR) is 91.1 cm³/mol. The van der Waals surface area contributed by atoms with E-state index in [1.54, 1.807) is 0 Å². The van der Waals surface area contributed by atoms with Crippen LogP contribution in [-0.4, -0.2) is 0 Å². The third-order valence-electron chi connectivity index (χ3n) is 5.07. The van der Waals surface area contributed by atoms with E-state index in [0.29, 0.717) is 0 Å². The number of rotatable bonds is 0. The Kier molecular flexibility index (Phi) is 2.53. The molecule has 0 aromatic heterocycles. The molecule has 0 aliphatic heterocycles. The van der Waals surface area contributed by atoms with Gasteiger partial charge in [-0.3, -0.25) is 0 Å². The third kappa shape index (κ3) is 1.82. The summed E-state index contributed by atoms with van der Waals surface area (Å²) in [6.45, 7) is 8.82. The summed E-state index contributed by atoms with van der Waals surface area (Å²) in [7, 11) is 0. The van der Waals surface area contributed by atoms with Gasteiger partial charge in [0, 0.05) is 0 Å². The quantitative estimate of drug-likeness (QED) is 0.388. The van der Waals surface area contributed by atoms with E-state index in [0.717, 1.165) is 6.42 Å². The maximum atomic E-state index is 2.39. The van der Waals surface area contributed by atoms with Crippen LogP contribution in [0.25, 0.3) is 21.9 Å². The lowest BCUT2D eigenvalue weighted by Gasteiger charge is -2.08. The van der Waals surface area contributed by atoms with Crippen molar-refractivity contribution in [2.45, 2.75) is 34.1 Å². The minimum atomic E-state index is 1.08. The Morgan fingerprint density at radius 2 is 1.00 bits per heavy atom. The van der Waals surface area contributed by atoms with E-state index >= 15 is 0 Å². The lowest BCUT2D eigenvalue weighted by atomic mass is 9.96. The van der Waals surface area contributed by atoms with Crippen molar-refractivity contribution >= 4 is 10.8 Å². The van der Waals surface area contributed by atoms with Crippen LogP contribution in [-0.2, 0) is 6.42 Å². The molecule has 0 atom stereocenters. The molecular weight excluding hydrogens is 252 g/mol. The molecule has 1 aliphatic rings. The highest BCUT2D eigenvalue weighted by molar-refractivity contribution is 5.92. The summed E-state index contributed by atoms with van der Waals surface area (Å²) < 4.78 is 0. The van der Waals surface area contributed by atoms with Crippen molar-refractivity contribution in [2.75, 3.05) is 0 Å². The standard InChI is InChI=1S/C21H20/c1-12-5-16-9-19-10-18-7-14(3)15(4)8-20(18)21(19)11-17(16)6-13(12)2/h5-9,11H,10H2,1-4H3. The van der Waals surface area contributed by atoms with E-state index in [-0.39, 0.29) is 0 Å². The van der Waals surface area contributed by atoms with Crippen LogP contribution < -0.4 is 0 Å².